The average molecular weight is 913 g/mol. The van der Waals surface area contributed by atoms with Crippen molar-refractivity contribution in [3.63, 3.8) is 0 Å². The summed E-state index contributed by atoms with van der Waals surface area (Å²) in [6, 6.07) is 20.6. The molecular weight excluding hydrogens is 869 g/mol. The second-order valence-corrected chi connectivity index (χ2v) is 15.5. The van der Waals surface area contributed by atoms with Crippen LogP contribution in [-0.4, -0.2) is 28.5 Å². The van der Waals surface area contributed by atoms with E-state index in [1.165, 1.54) is 11.6 Å². The zero-order chi connectivity index (χ0) is 43.2. The van der Waals surface area contributed by atoms with Crippen LogP contribution in [0.4, 0.5) is 35.9 Å². The Bertz CT molecular complexity index is 1930. The molecular formula is C40H43BrCl2F6N2O6. The van der Waals surface area contributed by atoms with E-state index >= 15 is 0 Å². The van der Waals surface area contributed by atoms with Crippen molar-refractivity contribution in [3.05, 3.63) is 128 Å². The van der Waals surface area contributed by atoms with Crippen LogP contribution in [0.2, 0.25) is 10.0 Å². The van der Waals surface area contributed by atoms with Crippen molar-refractivity contribution in [1.82, 2.24) is 10.6 Å². The Morgan fingerprint density at radius 2 is 1.05 bits per heavy atom. The van der Waals surface area contributed by atoms with Crippen LogP contribution in [0.1, 0.15) is 74.9 Å². The average Bonchev–Trinajstić information content (AvgIpc) is 3.09. The Hall–Kier alpha value is -4.34. The maximum absolute atomic E-state index is 12.7. The van der Waals surface area contributed by atoms with Gasteiger partial charge in [-0.2, -0.15) is 26.3 Å². The number of phenols is 1. The van der Waals surface area contributed by atoms with E-state index in [1.807, 2.05) is 57.2 Å². The molecule has 0 aliphatic heterocycles. The number of hydrogen-bond acceptors (Lipinski definition) is 6. The first-order valence-electron chi connectivity index (χ1n) is 17.0. The van der Waals surface area contributed by atoms with Crippen molar-refractivity contribution in [2.45, 2.75) is 90.1 Å². The highest BCUT2D eigenvalue weighted by atomic mass is 79.9. The summed E-state index contributed by atoms with van der Waals surface area (Å²) in [7, 11) is 0. The summed E-state index contributed by atoms with van der Waals surface area (Å²) in [6.07, 6.45) is -9.79. The monoisotopic (exact) mass is 910 g/mol. The molecule has 0 atom stereocenters. The molecule has 312 valence electrons. The molecule has 17 heteroatoms. The molecule has 4 aromatic carbocycles. The van der Waals surface area contributed by atoms with Crippen molar-refractivity contribution in [2.24, 2.45) is 0 Å². The molecule has 0 heterocycles. The number of alkyl carbamates (subject to hydrolysis) is 2. The first kappa shape index (κ1) is 48.8. The summed E-state index contributed by atoms with van der Waals surface area (Å²) in [6.45, 7) is 11.7. The smallest absolute Gasteiger partial charge is 0.416 e. The van der Waals surface area contributed by atoms with Gasteiger partial charge in [0.2, 0.25) is 0 Å². The van der Waals surface area contributed by atoms with Crippen LogP contribution >= 0.6 is 39.1 Å². The van der Waals surface area contributed by atoms with E-state index in [4.69, 9.17) is 42.5 Å². The highest BCUT2D eigenvalue weighted by molar-refractivity contribution is 9.08. The van der Waals surface area contributed by atoms with Gasteiger partial charge in [0.15, 0.2) is 0 Å². The van der Waals surface area contributed by atoms with Crippen LogP contribution in [0.15, 0.2) is 84.9 Å². The third-order valence-corrected chi connectivity index (χ3v) is 7.98. The number of carbonyl (C=O) groups excluding carboxylic acids is 2. The molecule has 4 aromatic rings. The van der Waals surface area contributed by atoms with Crippen LogP contribution in [0.3, 0.4) is 0 Å². The van der Waals surface area contributed by atoms with Gasteiger partial charge in [-0.25, -0.2) is 9.59 Å². The van der Waals surface area contributed by atoms with Gasteiger partial charge in [-0.1, -0.05) is 87.7 Å². The van der Waals surface area contributed by atoms with E-state index in [0.717, 1.165) is 46.3 Å². The van der Waals surface area contributed by atoms with Gasteiger partial charge in [-0.15, -0.1) is 0 Å². The van der Waals surface area contributed by atoms with Crippen molar-refractivity contribution in [2.75, 3.05) is 0 Å². The van der Waals surface area contributed by atoms with Gasteiger partial charge < -0.3 is 30.0 Å². The molecule has 57 heavy (non-hydrogen) atoms. The SMILES string of the molecule is CC(C)(C)OC(=O)NCc1cccc(CBr)c1.CC(C)(C)OC(=O)NCc1cccc(COc2ccc(C(F)(F)F)cc2Cl)c1.Oc1ccc(C(F)(F)F)cc1Cl. The zero-order valence-electron chi connectivity index (χ0n) is 31.8. The molecule has 0 fully saturated rings. The molecule has 0 saturated carbocycles. The lowest BCUT2D eigenvalue weighted by atomic mass is 10.1. The second kappa shape index (κ2) is 21.4. The van der Waals surface area contributed by atoms with Gasteiger partial charge in [0.25, 0.3) is 0 Å². The van der Waals surface area contributed by atoms with E-state index in [-0.39, 0.29) is 40.8 Å². The minimum absolute atomic E-state index is 0.113. The van der Waals surface area contributed by atoms with E-state index in [1.54, 1.807) is 32.9 Å². The third kappa shape index (κ3) is 19.6. The molecule has 3 N–H and O–H groups in total. The van der Waals surface area contributed by atoms with Crippen LogP contribution < -0.4 is 15.4 Å². The summed E-state index contributed by atoms with van der Waals surface area (Å²) in [5.41, 5.74) is 1.11. The summed E-state index contributed by atoms with van der Waals surface area (Å²) >= 11 is 14.6. The molecule has 4 rings (SSSR count). The minimum Gasteiger partial charge on any atom is -0.506 e. The lowest BCUT2D eigenvalue weighted by molar-refractivity contribution is -0.138. The van der Waals surface area contributed by atoms with E-state index in [0.29, 0.717) is 12.6 Å². The number of nitrogens with one attached hydrogen (secondary N) is 2. The van der Waals surface area contributed by atoms with E-state index < -0.39 is 40.8 Å². The highest BCUT2D eigenvalue weighted by Gasteiger charge is 2.32. The summed E-state index contributed by atoms with van der Waals surface area (Å²) in [5.74, 6) is -0.198. The second-order valence-electron chi connectivity index (χ2n) is 14.1. The topological polar surface area (TPSA) is 106 Å². The predicted octanol–water partition coefficient (Wildman–Crippen LogP) is 12.6. The standard InChI is InChI=1S/C20H21ClF3NO3.C13H18BrNO2.C7H4ClF3O/c1-19(2,3)28-18(26)25-11-13-5-4-6-14(9-13)12-27-17-8-7-15(10-16(17)21)20(22,23)24;1-13(2,3)17-12(16)15-9-11-6-4-5-10(7-11)8-14;8-5-3-4(7(9,10)11)1-2-6(5)12/h4-10H,11-12H2,1-3H3,(H,25,26);4-7H,8-9H2,1-3H3,(H,15,16);1-3,12H. The summed E-state index contributed by atoms with van der Waals surface area (Å²) in [4.78, 5) is 23.2. The minimum atomic E-state index is -4.46. The predicted molar refractivity (Wildman–Crippen MR) is 211 cm³/mol. The molecule has 0 unspecified atom stereocenters. The Morgan fingerprint density at radius 3 is 1.47 bits per heavy atom. The van der Waals surface area contributed by atoms with Crippen LogP contribution in [-0.2, 0) is 46.9 Å². The molecule has 0 bridgehead atoms. The number of rotatable bonds is 8. The van der Waals surface area contributed by atoms with Crippen molar-refractivity contribution >= 4 is 51.3 Å². The number of halogens is 9. The largest absolute Gasteiger partial charge is 0.506 e. The Balaban J connectivity index is 0.000000327. The Kier molecular flexibility index (Phi) is 18.3. The van der Waals surface area contributed by atoms with Gasteiger partial charge in [0, 0.05) is 18.4 Å². The van der Waals surface area contributed by atoms with Crippen LogP contribution in [0.5, 0.6) is 11.5 Å². The Morgan fingerprint density at radius 1 is 0.632 bits per heavy atom. The molecule has 0 aromatic heterocycles. The molecule has 0 aliphatic rings. The Labute approximate surface area is 345 Å². The van der Waals surface area contributed by atoms with Crippen molar-refractivity contribution < 1.29 is 55.2 Å². The number of phenolic OH excluding ortho intramolecular Hbond substituents is 1. The highest BCUT2D eigenvalue weighted by Crippen LogP contribution is 2.35. The third-order valence-electron chi connectivity index (χ3n) is 6.74. The fourth-order valence-corrected chi connectivity index (χ4v) is 5.03. The fraction of sp³-hybridized carbons (Fsp3) is 0.350. The molecule has 0 aliphatic carbocycles. The summed E-state index contributed by atoms with van der Waals surface area (Å²) in [5, 5.41) is 14.6. The van der Waals surface area contributed by atoms with Gasteiger partial charge in [0.1, 0.15) is 29.3 Å². The maximum atomic E-state index is 12.7. The first-order valence-corrected chi connectivity index (χ1v) is 18.8. The maximum Gasteiger partial charge on any atom is 0.416 e. The van der Waals surface area contributed by atoms with Gasteiger partial charge in [-0.05, 0) is 100 Å². The van der Waals surface area contributed by atoms with Crippen molar-refractivity contribution in [3.8, 4) is 11.5 Å². The number of alkyl halides is 7. The summed E-state index contributed by atoms with van der Waals surface area (Å²) < 4.78 is 89.8. The van der Waals surface area contributed by atoms with Crippen LogP contribution in [0, 0.1) is 0 Å². The molecule has 0 spiro atoms. The van der Waals surface area contributed by atoms with E-state index in [9.17, 15) is 35.9 Å². The number of benzene rings is 4. The number of hydrogen-bond donors (Lipinski definition) is 3. The number of carbonyl (C=O) groups is 2. The fourth-order valence-electron chi connectivity index (χ4n) is 4.27. The molecule has 2 amide bonds. The van der Waals surface area contributed by atoms with E-state index in [2.05, 4.69) is 26.6 Å². The molecule has 0 radical (unpaired) electrons. The lowest BCUT2D eigenvalue weighted by Crippen LogP contribution is -2.32. The molecule has 8 nitrogen and oxygen atoms in total. The van der Waals surface area contributed by atoms with Gasteiger partial charge in [-0.3, -0.25) is 0 Å². The quantitative estimate of drug-likeness (QED) is 0.120. The van der Waals surface area contributed by atoms with Crippen LogP contribution in [0.25, 0.3) is 0 Å². The van der Waals surface area contributed by atoms with Gasteiger partial charge in [0.05, 0.1) is 21.2 Å². The van der Waals surface area contributed by atoms with Crippen molar-refractivity contribution in [1.29, 1.82) is 0 Å². The number of ether oxygens (including phenoxy) is 3. The number of aromatic hydroxyl groups is 1. The zero-order valence-corrected chi connectivity index (χ0v) is 34.9. The normalized spacial score (nSPS) is 11.6. The molecule has 0 saturated heterocycles. The first-order chi connectivity index (χ1) is 26.3. The lowest BCUT2D eigenvalue weighted by Gasteiger charge is -2.19. The number of amides is 2. The van der Waals surface area contributed by atoms with Gasteiger partial charge >= 0.3 is 24.5 Å².